The summed E-state index contributed by atoms with van der Waals surface area (Å²) in [6.45, 7) is 11.4. The molecular formula is C14H28N2. The molecule has 2 aliphatic rings. The molecule has 2 heteroatoms. The van der Waals surface area contributed by atoms with Crippen LogP contribution in [0.25, 0.3) is 0 Å². The molecule has 2 fully saturated rings. The predicted molar refractivity (Wildman–Crippen MR) is 69.7 cm³/mol. The van der Waals surface area contributed by atoms with Crippen LogP contribution in [-0.2, 0) is 0 Å². The fourth-order valence-electron chi connectivity index (χ4n) is 3.30. The van der Waals surface area contributed by atoms with Crippen molar-refractivity contribution in [2.24, 2.45) is 11.3 Å². The average Bonchev–Trinajstić information content (AvgIpc) is 2.30. The van der Waals surface area contributed by atoms with Crippen LogP contribution < -0.4 is 5.32 Å². The second-order valence-electron chi connectivity index (χ2n) is 6.20. The molecule has 0 aromatic rings. The van der Waals surface area contributed by atoms with Gasteiger partial charge in [0.2, 0.25) is 0 Å². The van der Waals surface area contributed by atoms with Crippen molar-refractivity contribution in [2.75, 3.05) is 32.7 Å². The van der Waals surface area contributed by atoms with Crippen LogP contribution >= 0.6 is 0 Å². The third kappa shape index (κ3) is 3.21. The molecule has 0 spiro atoms. The van der Waals surface area contributed by atoms with E-state index >= 15 is 0 Å². The van der Waals surface area contributed by atoms with Crippen molar-refractivity contribution in [3.8, 4) is 0 Å². The van der Waals surface area contributed by atoms with Gasteiger partial charge in [0.05, 0.1) is 0 Å². The van der Waals surface area contributed by atoms with Crippen molar-refractivity contribution >= 4 is 0 Å². The van der Waals surface area contributed by atoms with Gasteiger partial charge in [-0.1, -0.05) is 13.8 Å². The maximum absolute atomic E-state index is 3.46. The van der Waals surface area contributed by atoms with Crippen LogP contribution in [0.15, 0.2) is 0 Å². The summed E-state index contributed by atoms with van der Waals surface area (Å²) in [7, 11) is 0. The van der Waals surface area contributed by atoms with E-state index in [9.17, 15) is 0 Å². The average molecular weight is 224 g/mol. The summed E-state index contributed by atoms with van der Waals surface area (Å²) in [6, 6.07) is 0. The van der Waals surface area contributed by atoms with E-state index in [-0.39, 0.29) is 0 Å². The number of likely N-dealkylation sites (tertiary alicyclic amines) is 1. The van der Waals surface area contributed by atoms with Gasteiger partial charge in [0.25, 0.3) is 0 Å². The summed E-state index contributed by atoms with van der Waals surface area (Å²) in [5.41, 5.74) is 0.602. The Labute approximate surface area is 101 Å². The normalized spacial score (nSPS) is 34.1. The lowest BCUT2D eigenvalue weighted by Crippen LogP contribution is -2.44. The zero-order valence-electron chi connectivity index (χ0n) is 11.1. The lowest BCUT2D eigenvalue weighted by atomic mass is 9.79. The molecule has 0 aromatic heterocycles. The van der Waals surface area contributed by atoms with Gasteiger partial charge in [-0.2, -0.15) is 0 Å². The predicted octanol–water partition coefficient (Wildman–Crippen LogP) is 2.50. The summed E-state index contributed by atoms with van der Waals surface area (Å²) in [4.78, 5) is 2.74. The molecule has 1 unspecified atom stereocenters. The molecule has 0 saturated carbocycles. The maximum atomic E-state index is 3.46. The van der Waals surface area contributed by atoms with Crippen molar-refractivity contribution in [3.63, 3.8) is 0 Å². The van der Waals surface area contributed by atoms with E-state index in [2.05, 4.69) is 24.1 Å². The lowest BCUT2D eigenvalue weighted by molar-refractivity contribution is 0.0805. The zero-order chi connectivity index (χ0) is 11.4. The molecule has 1 atom stereocenters. The van der Waals surface area contributed by atoms with E-state index < -0.39 is 0 Å². The van der Waals surface area contributed by atoms with Gasteiger partial charge in [-0.05, 0) is 63.1 Å². The highest BCUT2D eigenvalue weighted by atomic mass is 15.1. The van der Waals surface area contributed by atoms with E-state index in [1.165, 1.54) is 64.8 Å². The van der Waals surface area contributed by atoms with Gasteiger partial charge in [-0.15, -0.1) is 0 Å². The smallest absolute Gasteiger partial charge is 0.00353 e. The summed E-state index contributed by atoms with van der Waals surface area (Å²) >= 11 is 0. The summed E-state index contributed by atoms with van der Waals surface area (Å²) in [6.07, 6.45) is 6.97. The first-order chi connectivity index (χ1) is 7.72. The second-order valence-corrected chi connectivity index (χ2v) is 6.20. The van der Waals surface area contributed by atoms with E-state index in [0.717, 1.165) is 5.92 Å². The number of rotatable bonds is 3. The molecule has 0 radical (unpaired) electrons. The van der Waals surface area contributed by atoms with Gasteiger partial charge in [0.1, 0.15) is 0 Å². The third-order valence-electron chi connectivity index (χ3n) is 4.69. The Hall–Kier alpha value is -0.0800. The SMILES string of the molecule is CCC1(C)CCCN(CC2CCNCC2)C1. The van der Waals surface area contributed by atoms with E-state index in [0.29, 0.717) is 5.41 Å². The van der Waals surface area contributed by atoms with Crippen LogP contribution in [0.4, 0.5) is 0 Å². The zero-order valence-corrected chi connectivity index (χ0v) is 11.1. The first kappa shape index (κ1) is 12.4. The molecule has 0 aliphatic carbocycles. The fraction of sp³-hybridized carbons (Fsp3) is 1.00. The summed E-state index contributed by atoms with van der Waals surface area (Å²) in [5, 5.41) is 3.46. The van der Waals surface area contributed by atoms with Crippen molar-refractivity contribution in [3.05, 3.63) is 0 Å². The van der Waals surface area contributed by atoms with Gasteiger partial charge >= 0.3 is 0 Å². The summed E-state index contributed by atoms with van der Waals surface area (Å²) < 4.78 is 0. The minimum atomic E-state index is 0.602. The Morgan fingerprint density at radius 3 is 2.75 bits per heavy atom. The first-order valence-corrected chi connectivity index (χ1v) is 7.15. The summed E-state index contributed by atoms with van der Waals surface area (Å²) in [5.74, 6) is 0.959. The van der Waals surface area contributed by atoms with Crippen LogP contribution in [-0.4, -0.2) is 37.6 Å². The third-order valence-corrected chi connectivity index (χ3v) is 4.69. The van der Waals surface area contributed by atoms with Crippen LogP contribution in [0.2, 0.25) is 0 Å². The molecule has 94 valence electrons. The highest BCUT2D eigenvalue weighted by Gasteiger charge is 2.30. The molecule has 0 amide bonds. The largest absolute Gasteiger partial charge is 0.317 e. The van der Waals surface area contributed by atoms with E-state index in [1.54, 1.807) is 0 Å². The molecular weight excluding hydrogens is 196 g/mol. The molecule has 0 aromatic carbocycles. The number of hydrogen-bond donors (Lipinski definition) is 1. The lowest BCUT2D eigenvalue weighted by Gasteiger charge is -2.42. The molecule has 16 heavy (non-hydrogen) atoms. The van der Waals surface area contributed by atoms with Crippen LogP contribution in [0.5, 0.6) is 0 Å². The minimum absolute atomic E-state index is 0.602. The maximum Gasteiger partial charge on any atom is 0.00353 e. The van der Waals surface area contributed by atoms with Gasteiger partial charge < -0.3 is 10.2 Å². The van der Waals surface area contributed by atoms with E-state index in [4.69, 9.17) is 0 Å². The standard InChI is InChI=1S/C14H28N2/c1-3-14(2)7-4-10-16(12-14)11-13-5-8-15-9-6-13/h13,15H,3-12H2,1-2H3. The monoisotopic (exact) mass is 224 g/mol. The Balaban J connectivity index is 1.80. The topological polar surface area (TPSA) is 15.3 Å². The Morgan fingerprint density at radius 2 is 2.06 bits per heavy atom. The highest BCUT2D eigenvalue weighted by molar-refractivity contribution is 4.84. The van der Waals surface area contributed by atoms with Gasteiger partial charge in [-0.3, -0.25) is 0 Å². The van der Waals surface area contributed by atoms with Crippen molar-refractivity contribution in [1.82, 2.24) is 10.2 Å². The molecule has 2 saturated heterocycles. The molecule has 0 bridgehead atoms. The van der Waals surface area contributed by atoms with Crippen LogP contribution in [0, 0.1) is 11.3 Å². The molecule has 2 heterocycles. The van der Waals surface area contributed by atoms with Crippen LogP contribution in [0.3, 0.4) is 0 Å². The highest BCUT2D eigenvalue weighted by Crippen LogP contribution is 2.33. The number of nitrogens with zero attached hydrogens (tertiary/aromatic N) is 1. The van der Waals surface area contributed by atoms with Gasteiger partial charge in [0, 0.05) is 13.1 Å². The van der Waals surface area contributed by atoms with Crippen molar-refractivity contribution in [1.29, 1.82) is 0 Å². The molecule has 2 nitrogen and oxygen atoms in total. The van der Waals surface area contributed by atoms with Gasteiger partial charge in [0.15, 0.2) is 0 Å². The van der Waals surface area contributed by atoms with Crippen molar-refractivity contribution < 1.29 is 0 Å². The molecule has 2 aliphatic heterocycles. The molecule has 2 rings (SSSR count). The first-order valence-electron chi connectivity index (χ1n) is 7.15. The number of nitrogens with one attached hydrogen (secondary N) is 1. The van der Waals surface area contributed by atoms with Gasteiger partial charge in [-0.25, -0.2) is 0 Å². The quantitative estimate of drug-likeness (QED) is 0.792. The number of piperidine rings is 2. The van der Waals surface area contributed by atoms with E-state index in [1.807, 2.05) is 0 Å². The molecule has 1 N–H and O–H groups in total. The Kier molecular flexibility index (Phi) is 4.26. The Bertz CT molecular complexity index is 211. The minimum Gasteiger partial charge on any atom is -0.317 e. The second kappa shape index (κ2) is 5.50. The Morgan fingerprint density at radius 1 is 1.31 bits per heavy atom. The fourth-order valence-corrected chi connectivity index (χ4v) is 3.30. The number of hydrogen-bond acceptors (Lipinski definition) is 2. The van der Waals surface area contributed by atoms with Crippen molar-refractivity contribution in [2.45, 2.75) is 46.0 Å². The van der Waals surface area contributed by atoms with Crippen LogP contribution in [0.1, 0.15) is 46.0 Å².